The number of hydrogen-bond donors (Lipinski definition) is 1. The van der Waals surface area contributed by atoms with E-state index in [1.165, 1.54) is 11.3 Å². The molecule has 0 saturated heterocycles. The number of benzene rings is 1. The molecule has 0 amide bonds. The van der Waals surface area contributed by atoms with Gasteiger partial charge in [0.15, 0.2) is 17.3 Å². The van der Waals surface area contributed by atoms with Crippen LogP contribution in [0.1, 0.15) is 17.8 Å². The van der Waals surface area contributed by atoms with Gasteiger partial charge in [0.05, 0.1) is 11.0 Å². The lowest BCUT2D eigenvalue weighted by atomic mass is 10.2. The van der Waals surface area contributed by atoms with E-state index in [4.69, 9.17) is 0 Å². The third-order valence-electron chi connectivity index (χ3n) is 2.67. The molecule has 0 fully saturated rings. The summed E-state index contributed by atoms with van der Waals surface area (Å²) >= 11 is 4.74. The Morgan fingerprint density at radius 2 is 2.10 bits per heavy atom. The average Bonchev–Trinajstić information content (AvgIpc) is 2.81. The van der Waals surface area contributed by atoms with E-state index in [1.54, 1.807) is 6.92 Å². The fraction of sp³-hybridized carbons (Fsp3) is 0.167. The van der Waals surface area contributed by atoms with E-state index < -0.39 is 34.0 Å². The Morgan fingerprint density at radius 1 is 1.40 bits per heavy atom. The smallest absolute Gasteiger partial charge is 0.295 e. The Balaban J connectivity index is 2.40. The molecule has 1 aromatic carbocycles. The van der Waals surface area contributed by atoms with Crippen LogP contribution >= 0.6 is 27.3 Å². The van der Waals surface area contributed by atoms with Gasteiger partial charge in [0.25, 0.3) is 5.69 Å². The first kappa shape index (κ1) is 14.9. The lowest BCUT2D eigenvalue weighted by molar-refractivity contribution is -0.384. The summed E-state index contributed by atoms with van der Waals surface area (Å²) in [4.78, 5) is 11.0. The number of nitro benzene ring substituents is 1. The lowest BCUT2D eigenvalue weighted by Crippen LogP contribution is -2.10. The summed E-state index contributed by atoms with van der Waals surface area (Å²) in [5.41, 5.74) is -0.939. The van der Waals surface area contributed by atoms with Crippen molar-refractivity contribution >= 4 is 38.6 Å². The molecule has 0 spiro atoms. The van der Waals surface area contributed by atoms with Crippen LogP contribution in [-0.2, 0) is 0 Å². The largest absolute Gasteiger partial charge is 0.370 e. The zero-order valence-electron chi connectivity index (χ0n) is 10.2. The molecule has 1 atom stereocenters. The van der Waals surface area contributed by atoms with E-state index in [9.17, 15) is 18.9 Å². The summed E-state index contributed by atoms with van der Waals surface area (Å²) in [7, 11) is 0. The molecule has 0 aliphatic heterocycles. The monoisotopic (exact) mass is 362 g/mol. The van der Waals surface area contributed by atoms with Gasteiger partial charge in [0, 0.05) is 15.4 Å². The Kier molecular flexibility index (Phi) is 4.34. The molecule has 0 saturated carbocycles. The normalized spacial score (nSPS) is 12.2. The van der Waals surface area contributed by atoms with Gasteiger partial charge in [-0.25, -0.2) is 8.78 Å². The highest BCUT2D eigenvalue weighted by molar-refractivity contribution is 9.10. The highest BCUT2D eigenvalue weighted by atomic mass is 79.9. The molecule has 1 aromatic heterocycles. The fourth-order valence-corrected chi connectivity index (χ4v) is 3.45. The summed E-state index contributed by atoms with van der Waals surface area (Å²) in [6, 6.07) is 3.09. The second-order valence-electron chi connectivity index (χ2n) is 4.01. The number of hydrogen-bond acceptors (Lipinski definition) is 4. The van der Waals surface area contributed by atoms with E-state index >= 15 is 0 Å². The van der Waals surface area contributed by atoms with Crippen LogP contribution in [0.25, 0.3) is 0 Å². The van der Waals surface area contributed by atoms with Crippen LogP contribution in [-0.4, -0.2) is 4.92 Å². The van der Waals surface area contributed by atoms with Gasteiger partial charge >= 0.3 is 0 Å². The van der Waals surface area contributed by atoms with Gasteiger partial charge in [-0.05, 0) is 40.4 Å². The minimum atomic E-state index is -1.25. The van der Waals surface area contributed by atoms with E-state index in [1.807, 2.05) is 11.4 Å². The summed E-state index contributed by atoms with van der Waals surface area (Å²) in [5.74, 6) is -2.38. The van der Waals surface area contributed by atoms with Gasteiger partial charge < -0.3 is 5.32 Å². The van der Waals surface area contributed by atoms with Crippen LogP contribution in [0.2, 0.25) is 0 Å². The van der Waals surface area contributed by atoms with Gasteiger partial charge in [-0.15, -0.1) is 11.3 Å². The molecule has 4 nitrogen and oxygen atoms in total. The molecule has 2 rings (SSSR count). The molecular formula is C12H9BrF2N2O2S. The van der Waals surface area contributed by atoms with E-state index in [0.29, 0.717) is 0 Å². The van der Waals surface area contributed by atoms with Gasteiger partial charge in [0.1, 0.15) is 0 Å². The van der Waals surface area contributed by atoms with Crippen molar-refractivity contribution in [1.29, 1.82) is 0 Å². The molecule has 1 unspecified atom stereocenters. The second-order valence-corrected chi connectivity index (χ2v) is 5.81. The maximum absolute atomic E-state index is 13.8. The van der Waals surface area contributed by atoms with Gasteiger partial charge in [0.2, 0.25) is 0 Å². The SMILES string of the molecule is CC(Nc1c([N+](=O)[O-])ccc(F)c1F)c1sccc1Br. The molecule has 1 N–H and O–H groups in total. The third-order valence-corrected chi connectivity index (χ3v) is 4.72. The number of halogens is 3. The summed E-state index contributed by atoms with van der Waals surface area (Å²) < 4.78 is 27.8. The maximum Gasteiger partial charge on any atom is 0.295 e. The van der Waals surface area contributed by atoms with Crippen molar-refractivity contribution in [3.8, 4) is 0 Å². The molecule has 0 bridgehead atoms. The molecule has 0 radical (unpaired) electrons. The van der Waals surface area contributed by atoms with Crippen molar-refractivity contribution in [3.63, 3.8) is 0 Å². The number of thiophene rings is 1. The third kappa shape index (κ3) is 2.80. The van der Waals surface area contributed by atoms with Crippen molar-refractivity contribution in [2.45, 2.75) is 13.0 Å². The summed E-state index contributed by atoms with van der Waals surface area (Å²) in [6.45, 7) is 1.71. The molecule has 1 heterocycles. The second kappa shape index (κ2) is 5.84. The zero-order valence-corrected chi connectivity index (χ0v) is 12.6. The summed E-state index contributed by atoms with van der Waals surface area (Å²) in [5, 5.41) is 15.4. The number of nitrogens with one attached hydrogen (secondary N) is 1. The topological polar surface area (TPSA) is 55.2 Å². The molecule has 20 heavy (non-hydrogen) atoms. The van der Waals surface area contributed by atoms with Crippen LogP contribution in [0.15, 0.2) is 28.1 Å². The van der Waals surface area contributed by atoms with Crippen molar-refractivity contribution < 1.29 is 13.7 Å². The fourth-order valence-electron chi connectivity index (χ4n) is 1.73. The highest BCUT2D eigenvalue weighted by Gasteiger charge is 2.24. The average molecular weight is 363 g/mol. The Hall–Kier alpha value is -1.54. The minimum absolute atomic E-state index is 0.403. The van der Waals surface area contributed by atoms with Crippen molar-refractivity contribution in [2.24, 2.45) is 0 Å². The molecule has 106 valence electrons. The minimum Gasteiger partial charge on any atom is -0.370 e. The van der Waals surface area contributed by atoms with Gasteiger partial charge in [-0.3, -0.25) is 10.1 Å². The van der Waals surface area contributed by atoms with E-state index in [0.717, 1.165) is 21.5 Å². The van der Waals surface area contributed by atoms with Crippen LogP contribution in [0.3, 0.4) is 0 Å². The Labute approximate surface area is 125 Å². The molecular weight excluding hydrogens is 354 g/mol. The quantitative estimate of drug-likeness (QED) is 0.623. The maximum atomic E-state index is 13.8. The first-order chi connectivity index (χ1) is 9.41. The first-order valence-corrected chi connectivity index (χ1v) is 7.21. The van der Waals surface area contributed by atoms with E-state index in [-0.39, 0.29) is 0 Å². The molecule has 8 heteroatoms. The number of nitro groups is 1. The number of rotatable bonds is 4. The molecule has 2 aromatic rings. The van der Waals surface area contributed by atoms with Crippen LogP contribution in [0, 0.1) is 21.7 Å². The number of anilines is 1. The molecule has 0 aliphatic carbocycles. The van der Waals surface area contributed by atoms with Crippen molar-refractivity contribution in [1.82, 2.24) is 0 Å². The Bertz CT molecular complexity index is 663. The number of nitrogens with zero attached hydrogens (tertiary/aromatic N) is 1. The van der Waals surface area contributed by atoms with Crippen molar-refractivity contribution in [2.75, 3.05) is 5.32 Å². The highest BCUT2D eigenvalue weighted by Crippen LogP contribution is 2.35. The van der Waals surface area contributed by atoms with Gasteiger partial charge in [-0.2, -0.15) is 0 Å². The predicted molar refractivity (Wildman–Crippen MR) is 77.1 cm³/mol. The van der Waals surface area contributed by atoms with E-state index in [2.05, 4.69) is 21.2 Å². The van der Waals surface area contributed by atoms with Gasteiger partial charge in [-0.1, -0.05) is 0 Å². The first-order valence-electron chi connectivity index (χ1n) is 5.53. The zero-order chi connectivity index (χ0) is 14.9. The van der Waals surface area contributed by atoms with Crippen LogP contribution in [0.4, 0.5) is 20.2 Å². The molecule has 0 aliphatic rings. The van der Waals surface area contributed by atoms with Crippen molar-refractivity contribution in [3.05, 3.63) is 54.7 Å². The van der Waals surface area contributed by atoms with Crippen LogP contribution in [0.5, 0.6) is 0 Å². The lowest BCUT2D eigenvalue weighted by Gasteiger charge is -2.15. The van der Waals surface area contributed by atoms with Crippen LogP contribution < -0.4 is 5.32 Å². The summed E-state index contributed by atoms with van der Waals surface area (Å²) in [6.07, 6.45) is 0. The Morgan fingerprint density at radius 3 is 2.65 bits per heavy atom. The standard InChI is InChI=1S/C12H9BrF2N2O2S/c1-6(12-7(13)4-5-20-12)16-11-9(17(18)19)3-2-8(14)10(11)15/h2-6,16H,1H3. The predicted octanol–water partition coefficient (Wildman–Crippen LogP) is 4.87.